The van der Waals surface area contributed by atoms with Gasteiger partial charge in [0.15, 0.2) is 0 Å². The Bertz CT molecular complexity index is 332. The van der Waals surface area contributed by atoms with Crippen molar-refractivity contribution >= 4 is 11.8 Å². The molecule has 3 N–H and O–H groups in total. The van der Waals surface area contributed by atoms with Gasteiger partial charge >= 0.3 is 0 Å². The van der Waals surface area contributed by atoms with Crippen molar-refractivity contribution in [2.75, 3.05) is 6.61 Å². The number of primary amides is 1. The molecule has 1 saturated heterocycles. The highest BCUT2D eigenvalue weighted by Gasteiger charge is 2.27. The molecular formula is C12H19N3O3. The molecule has 0 radical (unpaired) electrons. The molecule has 0 unspecified atom stereocenters. The van der Waals surface area contributed by atoms with E-state index >= 15 is 0 Å². The summed E-state index contributed by atoms with van der Waals surface area (Å²) in [5, 5.41) is 11.0. The van der Waals surface area contributed by atoms with Crippen molar-refractivity contribution in [3.63, 3.8) is 0 Å². The van der Waals surface area contributed by atoms with Gasteiger partial charge in [0.05, 0.1) is 6.07 Å². The Labute approximate surface area is 106 Å². The predicted octanol–water partition coefficient (Wildman–Crippen LogP) is 0.219. The van der Waals surface area contributed by atoms with Crippen LogP contribution in [0.1, 0.15) is 38.5 Å². The molecule has 0 aromatic carbocycles. The minimum absolute atomic E-state index is 0.267. The molecule has 0 spiro atoms. The summed E-state index contributed by atoms with van der Waals surface area (Å²) in [4.78, 5) is 23.0. The van der Waals surface area contributed by atoms with Gasteiger partial charge in [-0.05, 0) is 32.1 Å². The average Bonchev–Trinajstić information content (AvgIpc) is 2.86. The molecule has 0 aromatic heterocycles. The first-order chi connectivity index (χ1) is 8.65. The third-order valence-corrected chi connectivity index (χ3v) is 2.91. The maximum Gasteiger partial charge on any atom is 0.249 e. The van der Waals surface area contributed by atoms with E-state index in [1.165, 1.54) is 0 Å². The van der Waals surface area contributed by atoms with Crippen LogP contribution in [0.15, 0.2) is 0 Å². The number of ether oxygens (including phenoxy) is 1. The summed E-state index contributed by atoms with van der Waals surface area (Å²) in [6, 6.07) is 1.37. The lowest BCUT2D eigenvalue weighted by Gasteiger charge is -2.17. The van der Waals surface area contributed by atoms with Gasteiger partial charge in [-0.1, -0.05) is 0 Å². The number of amides is 2. The quantitative estimate of drug-likeness (QED) is 0.633. The molecule has 2 atom stereocenters. The lowest BCUT2D eigenvalue weighted by molar-refractivity contribution is -0.133. The monoisotopic (exact) mass is 253 g/mol. The van der Waals surface area contributed by atoms with Gasteiger partial charge in [-0.25, -0.2) is 0 Å². The van der Waals surface area contributed by atoms with Crippen LogP contribution in [0.2, 0.25) is 0 Å². The van der Waals surface area contributed by atoms with E-state index < -0.39 is 18.1 Å². The van der Waals surface area contributed by atoms with Gasteiger partial charge in [0.1, 0.15) is 12.1 Å². The van der Waals surface area contributed by atoms with Crippen LogP contribution in [0.4, 0.5) is 0 Å². The van der Waals surface area contributed by atoms with Crippen LogP contribution in [0.5, 0.6) is 0 Å². The molecule has 1 aliphatic rings. The molecule has 6 heteroatoms. The highest BCUT2D eigenvalue weighted by Crippen LogP contribution is 2.12. The zero-order valence-corrected chi connectivity index (χ0v) is 10.4. The van der Waals surface area contributed by atoms with E-state index in [9.17, 15) is 9.59 Å². The second kappa shape index (κ2) is 7.67. The van der Waals surface area contributed by atoms with E-state index in [2.05, 4.69) is 5.32 Å². The van der Waals surface area contributed by atoms with Crippen LogP contribution in [0.25, 0.3) is 0 Å². The molecule has 1 fully saturated rings. The van der Waals surface area contributed by atoms with Crippen molar-refractivity contribution < 1.29 is 14.3 Å². The van der Waals surface area contributed by atoms with Crippen LogP contribution in [0.3, 0.4) is 0 Å². The van der Waals surface area contributed by atoms with Crippen molar-refractivity contribution in [1.82, 2.24) is 5.32 Å². The molecule has 1 rings (SSSR count). The molecule has 2 amide bonds. The number of unbranched alkanes of at least 4 members (excludes halogenated alkanes) is 2. The normalized spacial score (nSPS) is 20.1. The lowest BCUT2D eigenvalue weighted by atomic mass is 10.1. The first kappa shape index (κ1) is 14.5. The number of carbonyl (C=O) groups excluding carboxylic acids is 2. The van der Waals surface area contributed by atoms with E-state index in [1.807, 2.05) is 6.07 Å². The van der Waals surface area contributed by atoms with E-state index in [0.29, 0.717) is 38.7 Å². The Morgan fingerprint density at radius 1 is 1.50 bits per heavy atom. The van der Waals surface area contributed by atoms with Crippen LogP contribution in [-0.4, -0.2) is 30.6 Å². The van der Waals surface area contributed by atoms with Gasteiger partial charge < -0.3 is 15.8 Å². The molecule has 0 aromatic rings. The van der Waals surface area contributed by atoms with Gasteiger partial charge in [-0.15, -0.1) is 0 Å². The number of nitrogens with two attached hydrogens (primary N) is 1. The van der Waals surface area contributed by atoms with Crippen LogP contribution in [-0.2, 0) is 14.3 Å². The third kappa shape index (κ3) is 4.72. The second-order valence-electron chi connectivity index (χ2n) is 4.37. The summed E-state index contributed by atoms with van der Waals surface area (Å²) in [6.07, 6.45) is 3.41. The topological polar surface area (TPSA) is 105 Å². The summed E-state index contributed by atoms with van der Waals surface area (Å²) in [6.45, 7) is 0.585. The summed E-state index contributed by atoms with van der Waals surface area (Å²) < 4.78 is 5.23. The zero-order chi connectivity index (χ0) is 13.4. The molecule has 1 aliphatic heterocycles. The van der Waals surface area contributed by atoms with Gasteiger partial charge in [-0.3, -0.25) is 9.59 Å². The van der Waals surface area contributed by atoms with Gasteiger partial charge in [0, 0.05) is 13.0 Å². The first-order valence-corrected chi connectivity index (χ1v) is 6.23. The Morgan fingerprint density at radius 3 is 2.83 bits per heavy atom. The molecule has 100 valence electrons. The summed E-state index contributed by atoms with van der Waals surface area (Å²) >= 11 is 0. The number of nitrogens with one attached hydrogen (secondary N) is 1. The number of nitriles is 1. The molecule has 0 saturated carbocycles. The average molecular weight is 253 g/mol. The van der Waals surface area contributed by atoms with Crippen LogP contribution >= 0.6 is 0 Å². The number of carbonyl (C=O) groups is 2. The zero-order valence-electron chi connectivity index (χ0n) is 10.4. The molecule has 0 aliphatic carbocycles. The van der Waals surface area contributed by atoms with Crippen molar-refractivity contribution in [2.45, 2.75) is 50.7 Å². The number of nitrogens with zero attached hydrogens (tertiary/aromatic N) is 1. The first-order valence-electron chi connectivity index (χ1n) is 6.23. The largest absolute Gasteiger partial charge is 0.368 e. The molecule has 18 heavy (non-hydrogen) atoms. The van der Waals surface area contributed by atoms with Crippen molar-refractivity contribution in [3.05, 3.63) is 0 Å². The third-order valence-electron chi connectivity index (χ3n) is 2.91. The smallest absolute Gasteiger partial charge is 0.249 e. The Balaban J connectivity index is 2.34. The highest BCUT2D eigenvalue weighted by molar-refractivity contribution is 5.88. The van der Waals surface area contributed by atoms with E-state index in [1.54, 1.807) is 0 Å². The predicted molar refractivity (Wildman–Crippen MR) is 64.2 cm³/mol. The van der Waals surface area contributed by atoms with Crippen molar-refractivity contribution in [3.8, 4) is 6.07 Å². The fraction of sp³-hybridized carbons (Fsp3) is 0.750. The van der Waals surface area contributed by atoms with Crippen LogP contribution in [0, 0.1) is 11.3 Å². The van der Waals surface area contributed by atoms with Gasteiger partial charge in [0.2, 0.25) is 11.8 Å². The Hall–Kier alpha value is -1.61. The van der Waals surface area contributed by atoms with E-state index in [0.717, 1.165) is 6.42 Å². The van der Waals surface area contributed by atoms with Gasteiger partial charge in [-0.2, -0.15) is 5.26 Å². The number of rotatable bonds is 7. The Kier molecular flexibility index (Phi) is 6.15. The summed E-state index contributed by atoms with van der Waals surface area (Å²) in [5.41, 5.74) is 5.24. The molecule has 0 bridgehead atoms. The van der Waals surface area contributed by atoms with Crippen molar-refractivity contribution in [2.24, 2.45) is 5.73 Å². The molecule has 1 heterocycles. The molecule has 6 nitrogen and oxygen atoms in total. The fourth-order valence-electron chi connectivity index (χ4n) is 1.89. The van der Waals surface area contributed by atoms with Crippen molar-refractivity contribution in [1.29, 1.82) is 5.26 Å². The maximum atomic E-state index is 11.8. The summed E-state index contributed by atoms with van der Waals surface area (Å²) in [5.74, 6) is -0.810. The fourth-order valence-corrected chi connectivity index (χ4v) is 1.89. The Morgan fingerprint density at radius 2 is 2.28 bits per heavy atom. The minimum Gasteiger partial charge on any atom is -0.368 e. The van der Waals surface area contributed by atoms with Crippen LogP contribution < -0.4 is 11.1 Å². The second-order valence-corrected chi connectivity index (χ2v) is 4.37. The standard InChI is InChI=1S/C12H19N3O3/c13-7-3-1-2-5-9(11(14)16)15-12(17)10-6-4-8-18-10/h9-10H,1-6,8H2,(H2,14,16)(H,15,17)/t9-,10-/m1/s1. The number of hydrogen-bond donors (Lipinski definition) is 2. The van der Waals surface area contributed by atoms with E-state index in [-0.39, 0.29) is 5.91 Å². The van der Waals surface area contributed by atoms with Gasteiger partial charge in [0.25, 0.3) is 0 Å². The lowest BCUT2D eigenvalue weighted by Crippen LogP contribution is -2.47. The maximum absolute atomic E-state index is 11.8. The number of hydrogen-bond acceptors (Lipinski definition) is 4. The molecular weight excluding hydrogens is 234 g/mol. The summed E-state index contributed by atoms with van der Waals surface area (Å²) in [7, 11) is 0. The SMILES string of the molecule is N#CCCCC[C@@H](NC(=O)[C@H]1CCCO1)C(N)=O. The minimum atomic E-state index is -0.666. The highest BCUT2D eigenvalue weighted by atomic mass is 16.5. The van der Waals surface area contributed by atoms with E-state index in [4.69, 9.17) is 15.7 Å².